The fourth-order valence-corrected chi connectivity index (χ4v) is 4.45. The van der Waals surface area contributed by atoms with Crippen LogP contribution in [-0.2, 0) is 19.6 Å². The Morgan fingerprint density at radius 1 is 1.12 bits per heavy atom. The summed E-state index contributed by atoms with van der Waals surface area (Å²) in [7, 11) is -3.63. The van der Waals surface area contributed by atoms with Gasteiger partial charge in [-0.3, -0.25) is 4.79 Å². The summed E-state index contributed by atoms with van der Waals surface area (Å²) in [4.78, 5) is 23.3. The van der Waals surface area contributed by atoms with Crippen molar-refractivity contribution in [2.24, 2.45) is 0 Å². The van der Waals surface area contributed by atoms with E-state index in [4.69, 9.17) is 14.6 Å². The van der Waals surface area contributed by atoms with E-state index in [0.717, 1.165) is 13.1 Å². The van der Waals surface area contributed by atoms with Gasteiger partial charge in [0, 0.05) is 45.7 Å². The molecule has 1 aromatic rings. The molecule has 0 radical (unpaired) electrons. The van der Waals surface area contributed by atoms with Gasteiger partial charge in [-0.05, 0) is 37.6 Å². The quantitative estimate of drug-likeness (QED) is 0.536. The summed E-state index contributed by atoms with van der Waals surface area (Å²) >= 11 is 0. The van der Waals surface area contributed by atoms with E-state index in [9.17, 15) is 26.4 Å². The van der Waals surface area contributed by atoms with Crippen LogP contribution in [0, 0.1) is 0 Å². The molecule has 0 atom stereocenters. The van der Waals surface area contributed by atoms with Crippen LogP contribution < -0.4 is 10.1 Å². The molecule has 1 saturated heterocycles. The predicted octanol–water partition coefficient (Wildman–Crippen LogP) is 1.94. The molecule has 1 amide bonds. The van der Waals surface area contributed by atoms with Crippen LogP contribution in [0.1, 0.15) is 26.7 Å². The number of ether oxygens (including phenoxy) is 1. The maximum absolute atomic E-state index is 12.9. The average molecular weight is 498 g/mol. The second-order valence-corrected chi connectivity index (χ2v) is 8.93. The van der Waals surface area contributed by atoms with Crippen LogP contribution >= 0.6 is 0 Å². The van der Waals surface area contributed by atoms with E-state index in [1.54, 1.807) is 29.2 Å². The standard InChI is InChI=1S/C18H29N3O4S.C2HF3O2/c1-3-12-21(13-9-18(22)20-14-10-19-11-15-20)26(23,24)17-7-5-16(6-8-17)25-4-2;3-2(4,5)1(6)7/h5-8,19H,3-4,9-15H2,1-2H3;(H,6,7). The van der Waals surface area contributed by atoms with Crippen LogP contribution in [-0.4, -0.2) is 86.7 Å². The first kappa shape index (κ1) is 28.7. The highest BCUT2D eigenvalue weighted by Crippen LogP contribution is 2.20. The van der Waals surface area contributed by atoms with E-state index in [1.165, 1.54) is 4.31 Å². The van der Waals surface area contributed by atoms with Crippen molar-refractivity contribution in [2.45, 2.75) is 37.8 Å². The molecule has 33 heavy (non-hydrogen) atoms. The van der Waals surface area contributed by atoms with Crippen LogP contribution in [0.3, 0.4) is 0 Å². The van der Waals surface area contributed by atoms with Gasteiger partial charge >= 0.3 is 12.1 Å². The highest BCUT2D eigenvalue weighted by molar-refractivity contribution is 7.89. The van der Waals surface area contributed by atoms with Crippen molar-refractivity contribution < 1.29 is 41.0 Å². The molecule has 1 aromatic carbocycles. The van der Waals surface area contributed by atoms with Gasteiger partial charge in [-0.2, -0.15) is 17.5 Å². The number of nitrogens with zero attached hydrogens (tertiary/aromatic N) is 2. The Morgan fingerprint density at radius 2 is 1.67 bits per heavy atom. The molecule has 9 nitrogen and oxygen atoms in total. The molecule has 0 aromatic heterocycles. The van der Waals surface area contributed by atoms with E-state index < -0.39 is 22.2 Å². The van der Waals surface area contributed by atoms with Crippen molar-refractivity contribution in [1.29, 1.82) is 0 Å². The number of carboxylic acids is 1. The first-order valence-corrected chi connectivity index (χ1v) is 11.9. The van der Waals surface area contributed by atoms with Gasteiger partial charge in [0.1, 0.15) is 5.75 Å². The molecule has 1 aliphatic heterocycles. The molecule has 1 fully saturated rings. The third kappa shape index (κ3) is 9.56. The molecule has 1 aliphatic rings. The Kier molecular flexibility index (Phi) is 11.6. The van der Waals surface area contributed by atoms with Gasteiger partial charge in [-0.1, -0.05) is 6.92 Å². The number of sulfonamides is 1. The van der Waals surface area contributed by atoms with E-state index >= 15 is 0 Å². The molecule has 0 bridgehead atoms. The Labute approximate surface area is 191 Å². The summed E-state index contributed by atoms with van der Waals surface area (Å²) in [5.74, 6) is -2.11. The number of aliphatic carboxylic acids is 1. The lowest BCUT2D eigenvalue weighted by atomic mass is 10.3. The summed E-state index contributed by atoms with van der Waals surface area (Å²) in [6, 6.07) is 6.43. The molecule has 1 heterocycles. The fourth-order valence-electron chi connectivity index (χ4n) is 2.92. The number of piperazine rings is 1. The number of nitrogens with one attached hydrogen (secondary N) is 1. The summed E-state index contributed by atoms with van der Waals surface area (Å²) < 4.78 is 64.4. The van der Waals surface area contributed by atoms with Crippen LogP contribution in [0.4, 0.5) is 13.2 Å². The topological polar surface area (TPSA) is 116 Å². The number of hydrogen-bond donors (Lipinski definition) is 2. The molecule has 0 saturated carbocycles. The third-order valence-corrected chi connectivity index (χ3v) is 6.45. The SMILES string of the molecule is CCCN(CCC(=O)N1CCNCC1)S(=O)(=O)c1ccc(OCC)cc1.O=C(O)C(F)(F)F. The van der Waals surface area contributed by atoms with Gasteiger partial charge < -0.3 is 20.1 Å². The number of alkyl halides is 3. The summed E-state index contributed by atoms with van der Waals surface area (Å²) in [6.07, 6.45) is -4.19. The second kappa shape index (κ2) is 13.4. The number of benzene rings is 1. The average Bonchev–Trinajstić information content (AvgIpc) is 2.77. The maximum Gasteiger partial charge on any atom is 0.490 e. The maximum atomic E-state index is 12.9. The Morgan fingerprint density at radius 3 is 2.12 bits per heavy atom. The second-order valence-electron chi connectivity index (χ2n) is 6.99. The highest BCUT2D eigenvalue weighted by Gasteiger charge is 2.38. The largest absolute Gasteiger partial charge is 0.494 e. The molecule has 0 spiro atoms. The van der Waals surface area contributed by atoms with Gasteiger partial charge in [0.2, 0.25) is 15.9 Å². The van der Waals surface area contributed by atoms with Crippen LogP contribution in [0.15, 0.2) is 29.2 Å². The lowest BCUT2D eigenvalue weighted by Gasteiger charge is -2.28. The van der Waals surface area contributed by atoms with Crippen LogP contribution in [0.25, 0.3) is 0 Å². The number of halogens is 3. The number of rotatable bonds is 9. The van der Waals surface area contributed by atoms with Gasteiger partial charge in [0.15, 0.2) is 0 Å². The van der Waals surface area contributed by atoms with Gasteiger partial charge in [0.25, 0.3) is 0 Å². The molecule has 13 heteroatoms. The lowest BCUT2D eigenvalue weighted by molar-refractivity contribution is -0.192. The van der Waals surface area contributed by atoms with E-state index in [-0.39, 0.29) is 23.8 Å². The molecular weight excluding hydrogens is 467 g/mol. The molecule has 2 rings (SSSR count). The van der Waals surface area contributed by atoms with Crippen molar-refractivity contribution in [3.05, 3.63) is 24.3 Å². The summed E-state index contributed by atoms with van der Waals surface area (Å²) in [5, 5.41) is 10.3. The van der Waals surface area contributed by atoms with Crippen molar-refractivity contribution >= 4 is 21.9 Å². The van der Waals surface area contributed by atoms with Crippen LogP contribution in [0.2, 0.25) is 0 Å². The number of hydrogen-bond acceptors (Lipinski definition) is 6. The minimum Gasteiger partial charge on any atom is -0.494 e. The number of carbonyl (C=O) groups excluding carboxylic acids is 1. The fraction of sp³-hybridized carbons (Fsp3) is 0.600. The molecular formula is C20H30F3N3O6S. The number of carbonyl (C=O) groups is 2. The number of carboxylic acid groups (broad SMARTS) is 1. The van der Waals surface area contributed by atoms with Gasteiger partial charge in [-0.15, -0.1) is 0 Å². The van der Waals surface area contributed by atoms with E-state index in [2.05, 4.69) is 5.32 Å². The van der Waals surface area contributed by atoms with Gasteiger partial charge in [0.05, 0.1) is 11.5 Å². The van der Waals surface area contributed by atoms with Crippen molar-refractivity contribution in [3.8, 4) is 5.75 Å². The first-order valence-electron chi connectivity index (χ1n) is 10.4. The molecule has 2 N–H and O–H groups in total. The van der Waals surface area contributed by atoms with Crippen molar-refractivity contribution in [1.82, 2.24) is 14.5 Å². The summed E-state index contributed by atoms with van der Waals surface area (Å²) in [5.41, 5.74) is 0. The van der Waals surface area contributed by atoms with Gasteiger partial charge in [-0.25, -0.2) is 13.2 Å². The normalized spacial score (nSPS) is 14.4. The zero-order valence-electron chi connectivity index (χ0n) is 18.6. The minimum absolute atomic E-state index is 0.00879. The van der Waals surface area contributed by atoms with E-state index in [0.29, 0.717) is 38.4 Å². The third-order valence-electron chi connectivity index (χ3n) is 4.53. The molecule has 0 unspecified atom stereocenters. The van der Waals surface area contributed by atoms with Crippen molar-refractivity contribution in [3.63, 3.8) is 0 Å². The van der Waals surface area contributed by atoms with E-state index in [1.807, 2.05) is 13.8 Å². The first-order chi connectivity index (χ1) is 15.4. The highest BCUT2D eigenvalue weighted by atomic mass is 32.2. The number of amides is 1. The molecule has 0 aliphatic carbocycles. The zero-order valence-corrected chi connectivity index (χ0v) is 19.4. The Bertz CT molecular complexity index is 857. The van der Waals surface area contributed by atoms with Crippen LogP contribution in [0.5, 0.6) is 5.75 Å². The Balaban J connectivity index is 0.000000675. The monoisotopic (exact) mass is 497 g/mol. The predicted molar refractivity (Wildman–Crippen MR) is 114 cm³/mol. The summed E-state index contributed by atoms with van der Waals surface area (Å²) in [6.45, 7) is 7.86. The molecule has 188 valence electrons. The van der Waals surface area contributed by atoms with Crippen molar-refractivity contribution in [2.75, 3.05) is 45.9 Å². The minimum atomic E-state index is -5.08. The smallest absolute Gasteiger partial charge is 0.490 e. The lowest BCUT2D eigenvalue weighted by Crippen LogP contribution is -2.47. The zero-order chi connectivity index (χ0) is 25.1. The Hall–Kier alpha value is -2.38.